The van der Waals surface area contributed by atoms with E-state index in [9.17, 15) is 28.2 Å². The van der Waals surface area contributed by atoms with Gasteiger partial charge in [0, 0.05) is 19.2 Å². The van der Waals surface area contributed by atoms with Crippen LogP contribution in [0.15, 0.2) is 42.5 Å². The Hall–Kier alpha value is -3.60. The van der Waals surface area contributed by atoms with E-state index in [4.69, 9.17) is 0 Å². The number of fused-ring (bicyclic) bond motifs is 1. The topological polar surface area (TPSA) is 151 Å². The first-order valence-corrected chi connectivity index (χ1v) is 12.6. The summed E-state index contributed by atoms with van der Waals surface area (Å²) in [6.45, 7) is 3.49. The second kappa shape index (κ2) is 13.3. The van der Waals surface area contributed by atoms with Gasteiger partial charge in [0.1, 0.15) is 23.3 Å². The molecule has 0 saturated heterocycles. The molecule has 2 rings (SSSR count). The van der Waals surface area contributed by atoms with E-state index in [0.717, 1.165) is 16.3 Å². The molecule has 3 atom stereocenters. The Labute approximate surface area is 206 Å². The fraction of sp³-hybridized carbons (Fsp3) is 0.375. The summed E-state index contributed by atoms with van der Waals surface area (Å²) in [5.41, 5.74) is 0.840. The molecule has 0 aromatic heterocycles. The summed E-state index contributed by atoms with van der Waals surface area (Å²) in [7, 11) is -1.53. The molecule has 4 N–H and O–H groups in total. The maximum atomic E-state index is 12.7. The minimum atomic E-state index is -1.53. The lowest BCUT2D eigenvalue weighted by Gasteiger charge is -2.23. The zero-order valence-electron chi connectivity index (χ0n) is 19.8. The molecule has 0 heterocycles. The van der Waals surface area contributed by atoms with Crippen LogP contribution < -0.4 is 20.7 Å². The molecule has 0 fully saturated rings. The molecule has 2 aromatic carbocycles. The molecule has 0 aliphatic heterocycles. The van der Waals surface area contributed by atoms with Crippen LogP contribution in [-0.4, -0.2) is 52.5 Å². The Balaban J connectivity index is 1.94. The molecule has 0 bridgehead atoms. The Bertz CT molecular complexity index is 1110. The Morgan fingerprint density at radius 1 is 0.971 bits per heavy atom. The molecule has 188 valence electrons. The first-order valence-electron chi connectivity index (χ1n) is 11.1. The smallest absolute Gasteiger partial charge is 0.309 e. The van der Waals surface area contributed by atoms with Crippen molar-refractivity contribution in [3.8, 4) is 0 Å². The summed E-state index contributed by atoms with van der Waals surface area (Å²) >= 11 is 0. The van der Waals surface area contributed by atoms with Gasteiger partial charge in [-0.1, -0.05) is 56.3 Å². The van der Waals surface area contributed by atoms with Crippen molar-refractivity contribution in [3.05, 3.63) is 48.0 Å². The maximum absolute atomic E-state index is 12.7. The largest absolute Gasteiger partial charge is 0.345 e. The van der Waals surface area contributed by atoms with E-state index in [0.29, 0.717) is 6.29 Å². The quantitative estimate of drug-likeness (QED) is 0.259. The van der Waals surface area contributed by atoms with E-state index in [1.807, 2.05) is 42.5 Å². The number of rotatable bonds is 11. The molecule has 0 saturated carbocycles. The van der Waals surface area contributed by atoms with E-state index in [2.05, 4.69) is 20.7 Å². The minimum Gasteiger partial charge on any atom is -0.345 e. The number of amides is 4. The molecule has 10 nitrogen and oxygen atoms in total. The Morgan fingerprint density at radius 2 is 1.66 bits per heavy atom. The summed E-state index contributed by atoms with van der Waals surface area (Å²) < 4.78 is 13.2. The predicted molar refractivity (Wildman–Crippen MR) is 132 cm³/mol. The van der Waals surface area contributed by atoms with E-state index in [1.54, 1.807) is 13.8 Å². The molecule has 11 heteroatoms. The van der Waals surface area contributed by atoms with Gasteiger partial charge in [0.25, 0.3) is 0 Å². The summed E-state index contributed by atoms with van der Waals surface area (Å²) in [5.74, 6) is -3.45. The van der Waals surface area contributed by atoms with Crippen LogP contribution in [0.1, 0.15) is 32.3 Å². The molecule has 0 spiro atoms. The zero-order chi connectivity index (χ0) is 26.0. The highest BCUT2D eigenvalue weighted by Crippen LogP contribution is 2.18. The Kier molecular flexibility index (Phi) is 10.5. The summed E-state index contributed by atoms with van der Waals surface area (Å²) in [5, 5.41) is 9.41. The van der Waals surface area contributed by atoms with Gasteiger partial charge in [-0.05, 0) is 28.7 Å². The molecule has 2 aromatic rings. The fourth-order valence-corrected chi connectivity index (χ4v) is 3.81. The molecule has 3 unspecified atom stereocenters. The third-order valence-corrected chi connectivity index (χ3v) is 5.71. The van der Waals surface area contributed by atoms with Crippen LogP contribution in [0, 0.1) is 5.92 Å². The van der Waals surface area contributed by atoms with Crippen LogP contribution in [0.4, 0.5) is 0 Å². The molecule has 0 aliphatic carbocycles. The van der Waals surface area contributed by atoms with Crippen molar-refractivity contribution in [2.24, 2.45) is 5.92 Å². The van der Waals surface area contributed by atoms with E-state index < -0.39 is 46.7 Å². The average Bonchev–Trinajstić information content (AvgIpc) is 2.82. The average molecular weight is 503 g/mol. The molecular weight excluding hydrogens is 472 g/mol. The van der Waals surface area contributed by atoms with Crippen molar-refractivity contribution < 1.29 is 28.2 Å². The van der Waals surface area contributed by atoms with Crippen molar-refractivity contribution in [2.75, 3.05) is 6.26 Å². The zero-order valence-corrected chi connectivity index (χ0v) is 20.6. The SMILES string of the molecule is CC(C)C(NC(=O)C(=O)NCc1cccc2ccccc12)C(=O)NC(C=O)CCC(=O)NS(C)=O. The number of carbonyl (C=O) groups is 5. The lowest BCUT2D eigenvalue weighted by atomic mass is 10.0. The summed E-state index contributed by atoms with van der Waals surface area (Å²) in [4.78, 5) is 60.5. The van der Waals surface area contributed by atoms with Crippen molar-refractivity contribution >= 4 is 51.7 Å². The van der Waals surface area contributed by atoms with Crippen molar-refractivity contribution in [3.63, 3.8) is 0 Å². The van der Waals surface area contributed by atoms with Gasteiger partial charge in [0.05, 0.1) is 6.04 Å². The monoisotopic (exact) mass is 502 g/mol. The molecule has 35 heavy (non-hydrogen) atoms. The van der Waals surface area contributed by atoms with Crippen molar-refractivity contribution in [1.82, 2.24) is 20.7 Å². The van der Waals surface area contributed by atoms with Gasteiger partial charge in [-0.3, -0.25) is 23.9 Å². The second-order valence-electron chi connectivity index (χ2n) is 8.29. The van der Waals surface area contributed by atoms with Crippen molar-refractivity contribution in [2.45, 2.75) is 45.3 Å². The minimum absolute atomic E-state index is 0.0114. The standard InChI is InChI=1S/C24H30N4O6S/c1-15(2)21(22(31)26-18(14-29)11-12-20(30)28-35(3)34)27-24(33)23(32)25-13-17-9-6-8-16-7-4-5-10-19(16)17/h4-10,14-15,18,21H,11-13H2,1-3H3,(H,25,32)(H,26,31)(H,27,33)(H,28,30). The number of aldehydes is 1. The second-order valence-corrected chi connectivity index (χ2v) is 9.40. The van der Waals surface area contributed by atoms with E-state index in [-0.39, 0.29) is 25.3 Å². The van der Waals surface area contributed by atoms with Crippen LogP contribution in [0.2, 0.25) is 0 Å². The number of carbonyl (C=O) groups excluding carboxylic acids is 5. The highest BCUT2D eigenvalue weighted by Gasteiger charge is 2.28. The van der Waals surface area contributed by atoms with Gasteiger partial charge in [0.15, 0.2) is 0 Å². The normalized spacial score (nSPS) is 13.4. The maximum Gasteiger partial charge on any atom is 0.309 e. The lowest BCUT2D eigenvalue weighted by molar-refractivity contribution is -0.141. The van der Waals surface area contributed by atoms with Gasteiger partial charge >= 0.3 is 11.8 Å². The number of hydrogen-bond donors (Lipinski definition) is 4. The third-order valence-electron chi connectivity index (χ3n) is 5.19. The lowest BCUT2D eigenvalue weighted by Crippen LogP contribution is -2.55. The number of benzene rings is 2. The molecule has 0 radical (unpaired) electrons. The van der Waals surface area contributed by atoms with Crippen LogP contribution in [0.25, 0.3) is 10.8 Å². The van der Waals surface area contributed by atoms with Gasteiger partial charge in [-0.15, -0.1) is 0 Å². The van der Waals surface area contributed by atoms with Gasteiger partial charge in [-0.2, -0.15) is 0 Å². The summed E-state index contributed by atoms with van der Waals surface area (Å²) in [6, 6.07) is 11.3. The van der Waals surface area contributed by atoms with Crippen molar-refractivity contribution in [1.29, 1.82) is 0 Å². The number of hydrogen-bond acceptors (Lipinski definition) is 6. The highest BCUT2D eigenvalue weighted by atomic mass is 32.2. The van der Waals surface area contributed by atoms with Gasteiger partial charge in [0.2, 0.25) is 11.8 Å². The van der Waals surface area contributed by atoms with Gasteiger partial charge < -0.3 is 20.7 Å². The van der Waals surface area contributed by atoms with Gasteiger partial charge in [-0.25, -0.2) is 4.21 Å². The third kappa shape index (κ3) is 8.60. The van der Waals surface area contributed by atoms with Crippen LogP contribution in [-0.2, 0) is 41.5 Å². The van der Waals surface area contributed by atoms with Crippen LogP contribution in [0.5, 0.6) is 0 Å². The molecule has 4 amide bonds. The molecule has 0 aliphatic rings. The predicted octanol–water partition coefficient (Wildman–Crippen LogP) is 0.470. The first kappa shape index (κ1) is 27.6. The van der Waals surface area contributed by atoms with Crippen LogP contribution >= 0.6 is 0 Å². The van der Waals surface area contributed by atoms with E-state index >= 15 is 0 Å². The summed E-state index contributed by atoms with van der Waals surface area (Å²) in [6.07, 6.45) is 1.64. The first-order chi connectivity index (χ1) is 16.6. The highest BCUT2D eigenvalue weighted by molar-refractivity contribution is 7.82. The molecular formula is C24H30N4O6S. The Morgan fingerprint density at radius 3 is 2.31 bits per heavy atom. The number of nitrogens with one attached hydrogen (secondary N) is 4. The van der Waals surface area contributed by atoms with E-state index in [1.165, 1.54) is 6.26 Å². The van der Waals surface area contributed by atoms with Crippen LogP contribution in [0.3, 0.4) is 0 Å². The fourth-order valence-electron chi connectivity index (χ4n) is 3.39.